The highest BCUT2D eigenvalue weighted by atomic mass is 14.9. The first-order valence-electron chi connectivity index (χ1n) is 7.29. The van der Waals surface area contributed by atoms with Crippen LogP contribution >= 0.6 is 0 Å². The Labute approximate surface area is 115 Å². The number of hydrogen-bond donors (Lipinski definition) is 1. The predicted molar refractivity (Wildman–Crippen MR) is 80.0 cm³/mol. The Balaban J connectivity index is 2.01. The van der Waals surface area contributed by atoms with Gasteiger partial charge in [-0.3, -0.25) is 4.98 Å². The van der Waals surface area contributed by atoms with Crippen LogP contribution in [0.15, 0.2) is 36.7 Å². The molecule has 3 rings (SSSR count). The molecule has 1 aliphatic rings. The lowest BCUT2D eigenvalue weighted by Gasteiger charge is -2.25. The molecular formula is C17H22N2. The topological polar surface area (TPSA) is 24.9 Å². The lowest BCUT2D eigenvalue weighted by atomic mass is 9.88. The number of fused-ring (bicyclic) bond motifs is 1. The number of hydrogen-bond acceptors (Lipinski definition) is 2. The summed E-state index contributed by atoms with van der Waals surface area (Å²) in [5.41, 5.74) is 1.43. The van der Waals surface area contributed by atoms with Gasteiger partial charge in [-0.15, -0.1) is 0 Å². The van der Waals surface area contributed by atoms with Crippen LogP contribution in [0.2, 0.25) is 0 Å². The standard InChI is InChI=1S/C17H22N2/c1-12-6-7-13(10-12)17(18-2)16-5-3-4-14-11-19-9-8-15(14)16/h3-5,8-9,11-13,17-18H,6-7,10H2,1-2H3. The molecule has 1 fully saturated rings. The van der Waals surface area contributed by atoms with Gasteiger partial charge in [-0.25, -0.2) is 0 Å². The first-order chi connectivity index (χ1) is 9.29. The molecule has 0 amide bonds. The molecule has 1 heterocycles. The van der Waals surface area contributed by atoms with Crippen LogP contribution in [0.3, 0.4) is 0 Å². The van der Waals surface area contributed by atoms with E-state index in [9.17, 15) is 0 Å². The molecule has 3 unspecified atom stereocenters. The minimum atomic E-state index is 0.469. The minimum Gasteiger partial charge on any atom is -0.313 e. The van der Waals surface area contributed by atoms with Gasteiger partial charge < -0.3 is 5.32 Å². The molecular weight excluding hydrogens is 232 g/mol. The molecule has 0 saturated heterocycles. The Morgan fingerprint density at radius 1 is 1.26 bits per heavy atom. The van der Waals surface area contributed by atoms with Crippen molar-refractivity contribution in [3.63, 3.8) is 0 Å². The Hall–Kier alpha value is -1.41. The summed E-state index contributed by atoms with van der Waals surface area (Å²) in [6.07, 6.45) is 7.91. The van der Waals surface area contributed by atoms with Crippen LogP contribution < -0.4 is 5.32 Å². The molecule has 0 spiro atoms. The average molecular weight is 254 g/mol. The van der Waals surface area contributed by atoms with E-state index in [1.54, 1.807) is 0 Å². The first kappa shape index (κ1) is 12.6. The van der Waals surface area contributed by atoms with E-state index < -0.39 is 0 Å². The van der Waals surface area contributed by atoms with E-state index in [4.69, 9.17) is 0 Å². The zero-order valence-electron chi connectivity index (χ0n) is 11.8. The fourth-order valence-electron chi connectivity index (χ4n) is 3.62. The number of aromatic nitrogens is 1. The van der Waals surface area contributed by atoms with Crippen LogP contribution in [0.25, 0.3) is 10.8 Å². The molecule has 19 heavy (non-hydrogen) atoms. The highest BCUT2D eigenvalue weighted by Gasteiger charge is 2.29. The molecule has 3 atom stereocenters. The van der Waals surface area contributed by atoms with Crippen LogP contribution in [-0.2, 0) is 0 Å². The normalized spacial score (nSPS) is 24.7. The van der Waals surface area contributed by atoms with Gasteiger partial charge in [-0.2, -0.15) is 0 Å². The van der Waals surface area contributed by atoms with E-state index in [0.29, 0.717) is 6.04 Å². The highest BCUT2D eigenvalue weighted by molar-refractivity contribution is 5.85. The van der Waals surface area contributed by atoms with Crippen LogP contribution in [0.5, 0.6) is 0 Å². The fourth-order valence-corrected chi connectivity index (χ4v) is 3.62. The smallest absolute Gasteiger partial charge is 0.0352 e. The highest BCUT2D eigenvalue weighted by Crippen LogP contribution is 2.40. The summed E-state index contributed by atoms with van der Waals surface area (Å²) in [4.78, 5) is 4.23. The Morgan fingerprint density at radius 3 is 2.89 bits per heavy atom. The lowest BCUT2D eigenvalue weighted by Crippen LogP contribution is -2.24. The van der Waals surface area contributed by atoms with E-state index >= 15 is 0 Å². The third-order valence-electron chi connectivity index (χ3n) is 4.57. The van der Waals surface area contributed by atoms with Crippen molar-refractivity contribution in [2.24, 2.45) is 11.8 Å². The number of nitrogens with zero attached hydrogens (tertiary/aromatic N) is 1. The van der Waals surface area contributed by atoms with Gasteiger partial charge in [0.15, 0.2) is 0 Å². The summed E-state index contributed by atoms with van der Waals surface area (Å²) in [6.45, 7) is 2.37. The second-order valence-corrected chi connectivity index (χ2v) is 5.89. The summed E-state index contributed by atoms with van der Waals surface area (Å²) >= 11 is 0. The fraction of sp³-hybridized carbons (Fsp3) is 0.471. The van der Waals surface area contributed by atoms with Crippen LogP contribution in [0.4, 0.5) is 0 Å². The second kappa shape index (κ2) is 5.30. The predicted octanol–water partition coefficient (Wildman–Crippen LogP) is 3.93. The summed E-state index contributed by atoms with van der Waals surface area (Å²) < 4.78 is 0. The first-order valence-corrected chi connectivity index (χ1v) is 7.29. The molecule has 1 aliphatic carbocycles. The maximum absolute atomic E-state index is 4.23. The zero-order chi connectivity index (χ0) is 13.2. The largest absolute Gasteiger partial charge is 0.313 e. The summed E-state index contributed by atoms with van der Waals surface area (Å²) in [5.74, 6) is 1.64. The number of nitrogens with one attached hydrogen (secondary N) is 1. The molecule has 0 aliphatic heterocycles. The molecule has 2 aromatic rings. The molecule has 100 valence electrons. The van der Waals surface area contributed by atoms with Crippen molar-refractivity contribution in [3.8, 4) is 0 Å². The summed E-state index contributed by atoms with van der Waals surface area (Å²) in [7, 11) is 2.09. The molecule has 0 radical (unpaired) electrons. The number of rotatable bonds is 3. The Bertz CT molecular complexity index is 559. The van der Waals surface area contributed by atoms with Gasteiger partial charge in [0.05, 0.1) is 0 Å². The van der Waals surface area contributed by atoms with Gasteiger partial charge in [0.1, 0.15) is 0 Å². The van der Waals surface area contributed by atoms with E-state index in [2.05, 4.69) is 48.5 Å². The molecule has 1 aromatic heterocycles. The second-order valence-electron chi connectivity index (χ2n) is 5.89. The maximum atomic E-state index is 4.23. The number of benzene rings is 1. The third kappa shape index (κ3) is 2.37. The van der Waals surface area contributed by atoms with Crippen LogP contribution in [0.1, 0.15) is 37.8 Å². The minimum absolute atomic E-state index is 0.469. The quantitative estimate of drug-likeness (QED) is 0.897. The molecule has 1 N–H and O–H groups in total. The van der Waals surface area contributed by atoms with Gasteiger partial charge in [-0.1, -0.05) is 31.5 Å². The van der Waals surface area contributed by atoms with E-state index in [0.717, 1.165) is 11.8 Å². The monoisotopic (exact) mass is 254 g/mol. The van der Waals surface area contributed by atoms with Crippen molar-refractivity contribution in [1.29, 1.82) is 0 Å². The van der Waals surface area contributed by atoms with Gasteiger partial charge in [-0.05, 0) is 48.7 Å². The van der Waals surface area contributed by atoms with Crippen molar-refractivity contribution >= 4 is 10.8 Å². The zero-order valence-corrected chi connectivity index (χ0v) is 11.8. The van der Waals surface area contributed by atoms with E-state index in [1.165, 1.54) is 35.6 Å². The van der Waals surface area contributed by atoms with Crippen LogP contribution in [0, 0.1) is 11.8 Å². The van der Waals surface area contributed by atoms with Crippen molar-refractivity contribution < 1.29 is 0 Å². The molecule has 2 nitrogen and oxygen atoms in total. The molecule has 0 bridgehead atoms. The Morgan fingerprint density at radius 2 is 2.16 bits per heavy atom. The maximum Gasteiger partial charge on any atom is 0.0352 e. The molecule has 1 aromatic carbocycles. The third-order valence-corrected chi connectivity index (χ3v) is 4.57. The van der Waals surface area contributed by atoms with Gasteiger partial charge in [0, 0.05) is 23.8 Å². The van der Waals surface area contributed by atoms with Crippen molar-refractivity contribution in [3.05, 3.63) is 42.2 Å². The lowest BCUT2D eigenvalue weighted by molar-refractivity contribution is 0.381. The van der Waals surface area contributed by atoms with Gasteiger partial charge >= 0.3 is 0 Å². The number of pyridine rings is 1. The van der Waals surface area contributed by atoms with E-state index in [1.807, 2.05) is 12.4 Å². The Kier molecular flexibility index (Phi) is 3.52. The van der Waals surface area contributed by atoms with Crippen molar-refractivity contribution in [1.82, 2.24) is 10.3 Å². The summed E-state index contributed by atoms with van der Waals surface area (Å²) in [6, 6.07) is 9.19. The van der Waals surface area contributed by atoms with Crippen molar-refractivity contribution in [2.45, 2.75) is 32.2 Å². The van der Waals surface area contributed by atoms with Gasteiger partial charge in [0.2, 0.25) is 0 Å². The van der Waals surface area contributed by atoms with Gasteiger partial charge in [0.25, 0.3) is 0 Å². The molecule has 2 heteroatoms. The summed E-state index contributed by atoms with van der Waals surface area (Å²) in [5, 5.41) is 6.14. The van der Waals surface area contributed by atoms with Crippen molar-refractivity contribution in [2.75, 3.05) is 7.05 Å². The SMILES string of the molecule is CNC(c1cccc2cnccc12)C1CCC(C)C1. The average Bonchev–Trinajstić information content (AvgIpc) is 2.86. The van der Waals surface area contributed by atoms with Crippen LogP contribution in [-0.4, -0.2) is 12.0 Å². The molecule has 1 saturated carbocycles. The van der Waals surface area contributed by atoms with E-state index in [-0.39, 0.29) is 0 Å².